The number of hydrogen-bond acceptors (Lipinski definition) is 4. The van der Waals surface area contributed by atoms with Gasteiger partial charge in [-0.1, -0.05) is 115 Å². The molecule has 0 aliphatic carbocycles. The van der Waals surface area contributed by atoms with Crippen LogP contribution in [0.2, 0.25) is 0 Å². The van der Waals surface area contributed by atoms with E-state index in [2.05, 4.69) is 10.6 Å². The first kappa shape index (κ1) is 26.5. The van der Waals surface area contributed by atoms with Gasteiger partial charge in [-0.3, -0.25) is 19.3 Å². The summed E-state index contributed by atoms with van der Waals surface area (Å²) in [4.78, 5) is 44.8. The molecule has 6 nitrogen and oxygen atoms in total. The molecule has 1 fully saturated rings. The number of carbonyl (C=O) groups excluding carboxylic acids is 3. The zero-order valence-electron chi connectivity index (χ0n) is 22.6. The van der Waals surface area contributed by atoms with Crippen LogP contribution in [0, 0.1) is 0 Å². The molecule has 0 saturated carbocycles. The van der Waals surface area contributed by atoms with Gasteiger partial charge in [-0.15, -0.1) is 0 Å². The van der Waals surface area contributed by atoms with E-state index in [1.54, 1.807) is 60.7 Å². The van der Waals surface area contributed by atoms with E-state index in [1.807, 2.05) is 91.0 Å². The van der Waals surface area contributed by atoms with Crippen molar-refractivity contribution >= 4 is 40.4 Å². The highest BCUT2D eigenvalue weighted by Crippen LogP contribution is 2.48. The van der Waals surface area contributed by atoms with Crippen molar-refractivity contribution in [3.8, 4) is 0 Å². The van der Waals surface area contributed by atoms with Crippen molar-refractivity contribution in [3.63, 3.8) is 0 Å². The van der Waals surface area contributed by atoms with Crippen LogP contribution < -0.4 is 15.5 Å². The minimum atomic E-state index is -1.86. The number of ketones is 1. The van der Waals surface area contributed by atoms with E-state index < -0.39 is 23.1 Å². The van der Waals surface area contributed by atoms with Crippen LogP contribution in [0.4, 0.5) is 17.1 Å². The molecule has 1 unspecified atom stereocenters. The molecule has 0 radical (unpaired) electrons. The minimum Gasteiger partial charge on any atom is -0.355 e. The predicted molar refractivity (Wildman–Crippen MR) is 166 cm³/mol. The lowest BCUT2D eigenvalue weighted by Gasteiger charge is -2.38. The molecule has 0 bridgehead atoms. The Morgan fingerprint density at radius 2 is 1.00 bits per heavy atom. The van der Waals surface area contributed by atoms with Crippen molar-refractivity contribution in [1.82, 2.24) is 0 Å². The third-order valence-electron chi connectivity index (χ3n) is 7.24. The van der Waals surface area contributed by atoms with Crippen LogP contribution in [-0.2, 0) is 19.9 Å². The van der Waals surface area contributed by atoms with Crippen molar-refractivity contribution in [2.24, 2.45) is 0 Å². The monoisotopic (exact) mass is 549 g/mol. The van der Waals surface area contributed by atoms with Gasteiger partial charge in [0, 0.05) is 17.1 Å². The number of nitrogens with one attached hydrogen (secondary N) is 2. The molecule has 6 rings (SSSR count). The second-order valence-corrected chi connectivity index (χ2v) is 9.81. The number of para-hydroxylation sites is 3. The molecule has 1 saturated heterocycles. The largest absolute Gasteiger partial charge is 0.355 e. The number of Topliss-reactive ketones (excluding diaryl/α,β-unsaturated/α-hetero) is 1. The predicted octanol–water partition coefficient (Wildman–Crippen LogP) is 6.66. The summed E-state index contributed by atoms with van der Waals surface area (Å²) in [5.41, 5.74) is 1.32. The second-order valence-electron chi connectivity index (χ2n) is 9.81. The molecule has 42 heavy (non-hydrogen) atoms. The summed E-state index contributed by atoms with van der Waals surface area (Å²) in [5.74, 6) is -2.11. The van der Waals surface area contributed by atoms with Gasteiger partial charge in [-0.05, 0) is 47.5 Å². The molecule has 1 aliphatic heterocycles. The van der Waals surface area contributed by atoms with E-state index in [0.717, 1.165) is 0 Å². The normalized spacial score (nSPS) is 17.6. The Morgan fingerprint density at radius 1 is 0.548 bits per heavy atom. The molecule has 2 N–H and O–H groups in total. The van der Waals surface area contributed by atoms with Crippen LogP contribution in [0.5, 0.6) is 0 Å². The van der Waals surface area contributed by atoms with Gasteiger partial charge < -0.3 is 10.6 Å². The summed E-state index contributed by atoms with van der Waals surface area (Å²) in [6, 6.07) is 45.5. The summed E-state index contributed by atoms with van der Waals surface area (Å²) >= 11 is 0. The molecule has 1 aliphatic rings. The summed E-state index contributed by atoms with van der Waals surface area (Å²) in [6.07, 6.45) is 0. The smallest absolute Gasteiger partial charge is 0.300 e. The number of hydrogen-bond donors (Lipinski definition) is 2. The molecular weight excluding hydrogens is 522 g/mol. The van der Waals surface area contributed by atoms with Gasteiger partial charge in [0.05, 0.1) is 11.3 Å². The molecule has 2 amide bonds. The molecule has 0 aromatic heterocycles. The first-order valence-electron chi connectivity index (χ1n) is 13.6. The van der Waals surface area contributed by atoms with Crippen LogP contribution >= 0.6 is 0 Å². The van der Waals surface area contributed by atoms with E-state index in [9.17, 15) is 14.4 Å². The number of benzene rings is 5. The lowest BCUT2D eigenvalue weighted by molar-refractivity contribution is -0.132. The van der Waals surface area contributed by atoms with Gasteiger partial charge in [0.2, 0.25) is 0 Å². The Morgan fingerprint density at radius 3 is 1.55 bits per heavy atom. The molecule has 0 spiro atoms. The van der Waals surface area contributed by atoms with E-state index in [4.69, 9.17) is 0 Å². The van der Waals surface area contributed by atoms with Crippen molar-refractivity contribution < 1.29 is 14.4 Å². The second kappa shape index (κ2) is 11.4. The van der Waals surface area contributed by atoms with Gasteiger partial charge >= 0.3 is 5.91 Å². The third-order valence-corrected chi connectivity index (χ3v) is 7.24. The van der Waals surface area contributed by atoms with Gasteiger partial charge in [0.25, 0.3) is 11.7 Å². The Bertz CT molecular complexity index is 1760. The lowest BCUT2D eigenvalue weighted by atomic mass is 9.79. The van der Waals surface area contributed by atoms with Crippen LogP contribution in [-0.4, -0.2) is 17.6 Å². The standard InChI is InChI=1S/C36H27N3O3/c40-33-31(32(26-16-6-1-7-17-26)37-28-20-10-3-11-21-28)36(27-18-8-2-9-19-27,35(42)38-29-22-12-4-13-23-29)39(34(33)41)30-24-14-5-15-25-30/h1-25,37H,(H,38,42)/b32-31+. The summed E-state index contributed by atoms with van der Waals surface area (Å²) < 4.78 is 0. The highest BCUT2D eigenvalue weighted by molar-refractivity contribution is 6.55. The van der Waals surface area contributed by atoms with Crippen LogP contribution in [0.15, 0.2) is 157 Å². The first-order valence-corrected chi connectivity index (χ1v) is 13.6. The third kappa shape index (κ3) is 4.65. The molecule has 5 aromatic rings. The van der Waals surface area contributed by atoms with Crippen molar-refractivity contribution in [2.45, 2.75) is 5.54 Å². The van der Waals surface area contributed by atoms with E-state index in [1.165, 1.54) is 4.90 Å². The van der Waals surface area contributed by atoms with Crippen molar-refractivity contribution in [2.75, 3.05) is 15.5 Å². The zero-order valence-corrected chi connectivity index (χ0v) is 22.6. The molecule has 6 heteroatoms. The van der Waals surface area contributed by atoms with E-state index in [-0.39, 0.29) is 5.57 Å². The summed E-state index contributed by atoms with van der Waals surface area (Å²) in [7, 11) is 0. The topological polar surface area (TPSA) is 78.5 Å². The zero-order chi connectivity index (χ0) is 28.9. The Balaban J connectivity index is 1.73. The van der Waals surface area contributed by atoms with Gasteiger partial charge in [0.15, 0.2) is 5.54 Å². The van der Waals surface area contributed by atoms with Gasteiger partial charge in [-0.25, -0.2) is 0 Å². The summed E-state index contributed by atoms with van der Waals surface area (Å²) in [5, 5.41) is 6.42. The Kier molecular flexibility index (Phi) is 7.18. The SMILES string of the molecule is O=C1C(=O)N(c2ccccc2)C(C(=O)Nc2ccccc2)(c2ccccc2)/C1=C(/Nc1ccccc1)c1ccccc1. The molecule has 204 valence electrons. The average molecular weight is 550 g/mol. The number of rotatable bonds is 7. The lowest BCUT2D eigenvalue weighted by Crippen LogP contribution is -2.53. The van der Waals surface area contributed by atoms with Gasteiger partial charge in [-0.2, -0.15) is 0 Å². The Hall–Kier alpha value is -5.75. The van der Waals surface area contributed by atoms with Crippen LogP contribution in [0.3, 0.4) is 0 Å². The van der Waals surface area contributed by atoms with Crippen LogP contribution in [0.1, 0.15) is 11.1 Å². The average Bonchev–Trinajstić information content (AvgIpc) is 3.29. The first-order chi connectivity index (χ1) is 20.6. The fraction of sp³-hybridized carbons (Fsp3) is 0.0278. The maximum Gasteiger partial charge on any atom is 0.300 e. The highest BCUT2D eigenvalue weighted by atomic mass is 16.2. The maximum atomic E-state index is 14.9. The molecule has 1 atom stereocenters. The maximum absolute atomic E-state index is 14.9. The number of anilines is 3. The Labute approximate surface area is 243 Å². The fourth-order valence-corrected chi connectivity index (χ4v) is 5.41. The van der Waals surface area contributed by atoms with Crippen molar-refractivity contribution in [1.29, 1.82) is 0 Å². The van der Waals surface area contributed by atoms with E-state index in [0.29, 0.717) is 33.9 Å². The molecule has 5 aromatic carbocycles. The number of nitrogens with zero attached hydrogens (tertiary/aromatic N) is 1. The van der Waals surface area contributed by atoms with Gasteiger partial charge in [0.1, 0.15) is 0 Å². The fourth-order valence-electron chi connectivity index (χ4n) is 5.41. The minimum absolute atomic E-state index is 0.0334. The molecular formula is C36H27N3O3. The van der Waals surface area contributed by atoms with Crippen LogP contribution in [0.25, 0.3) is 5.70 Å². The quantitative estimate of drug-likeness (QED) is 0.176. The number of carbonyl (C=O) groups is 3. The van der Waals surface area contributed by atoms with Crippen molar-refractivity contribution in [3.05, 3.63) is 168 Å². The molecule has 1 heterocycles. The number of amides is 2. The van der Waals surface area contributed by atoms with E-state index >= 15 is 0 Å². The highest BCUT2D eigenvalue weighted by Gasteiger charge is 2.62. The summed E-state index contributed by atoms with van der Waals surface area (Å²) in [6.45, 7) is 0.